The molecule has 29 heavy (non-hydrogen) atoms. The van der Waals surface area contributed by atoms with Crippen LogP contribution in [-0.2, 0) is 20.9 Å². The Morgan fingerprint density at radius 2 is 1.90 bits per heavy atom. The maximum atomic E-state index is 13.0. The zero-order valence-corrected chi connectivity index (χ0v) is 17.5. The zero-order valence-electron chi connectivity index (χ0n) is 16.0. The van der Waals surface area contributed by atoms with E-state index in [-0.39, 0.29) is 18.1 Å². The molecule has 1 aromatic heterocycles. The van der Waals surface area contributed by atoms with E-state index in [9.17, 15) is 14.7 Å². The Bertz CT molecular complexity index is 990. The largest absolute Gasteiger partial charge is 0.481 e. The summed E-state index contributed by atoms with van der Waals surface area (Å²) < 4.78 is 7.47. The third-order valence-corrected chi connectivity index (χ3v) is 6.55. The maximum absolute atomic E-state index is 13.0. The van der Waals surface area contributed by atoms with E-state index in [2.05, 4.69) is 10.4 Å². The van der Waals surface area contributed by atoms with Crippen molar-refractivity contribution in [3.8, 4) is 0 Å². The van der Waals surface area contributed by atoms with Gasteiger partial charge in [-0.2, -0.15) is 5.10 Å². The number of anilines is 1. The summed E-state index contributed by atoms with van der Waals surface area (Å²) in [5.41, 5.74) is 2.96. The first-order valence-corrected chi connectivity index (χ1v) is 10.2. The number of aryl methyl sites for hydroxylation is 1. The SMILES string of the molecule is Cc1nn(Cc2ccc(Cl)c(Cl)c2)c(C)c1NC(=O)[C@@H]1[C@@H](C(=O)O)[C@@H]2CC[C@@H]1O2. The molecule has 2 aliphatic heterocycles. The number of nitrogens with one attached hydrogen (secondary N) is 1. The van der Waals surface area contributed by atoms with Crippen molar-refractivity contribution in [1.29, 1.82) is 0 Å². The smallest absolute Gasteiger partial charge is 0.310 e. The molecule has 2 N–H and O–H groups in total. The number of amides is 1. The quantitative estimate of drug-likeness (QED) is 0.743. The Hall–Kier alpha value is -2.09. The molecule has 3 heterocycles. The number of hydrogen-bond donors (Lipinski definition) is 2. The summed E-state index contributed by atoms with van der Waals surface area (Å²) in [4.78, 5) is 24.6. The van der Waals surface area contributed by atoms with E-state index in [0.29, 0.717) is 40.8 Å². The lowest BCUT2D eigenvalue weighted by Crippen LogP contribution is -2.41. The van der Waals surface area contributed by atoms with E-state index in [0.717, 1.165) is 11.3 Å². The summed E-state index contributed by atoms with van der Waals surface area (Å²) in [6, 6.07) is 5.38. The van der Waals surface area contributed by atoms with Gasteiger partial charge in [-0.25, -0.2) is 0 Å². The van der Waals surface area contributed by atoms with Crippen LogP contribution in [0.3, 0.4) is 0 Å². The van der Waals surface area contributed by atoms with E-state index in [1.54, 1.807) is 23.7 Å². The minimum absolute atomic E-state index is 0.329. The predicted octanol–water partition coefficient (Wildman–Crippen LogP) is 3.67. The van der Waals surface area contributed by atoms with Gasteiger partial charge < -0.3 is 15.2 Å². The number of benzene rings is 1. The number of fused-ring (bicyclic) bond motifs is 2. The molecule has 0 aliphatic carbocycles. The minimum atomic E-state index is -0.985. The molecule has 2 saturated heterocycles. The Morgan fingerprint density at radius 1 is 1.21 bits per heavy atom. The predicted molar refractivity (Wildman–Crippen MR) is 108 cm³/mol. The first kappa shape index (κ1) is 20.2. The number of rotatable bonds is 5. The highest BCUT2D eigenvalue weighted by Gasteiger charge is 2.55. The molecule has 2 aliphatic rings. The molecular formula is C20H21Cl2N3O4. The second-order valence-corrected chi connectivity index (χ2v) is 8.44. The number of carbonyl (C=O) groups is 2. The fourth-order valence-electron chi connectivity index (χ4n) is 4.37. The van der Waals surface area contributed by atoms with Crippen LogP contribution in [0, 0.1) is 25.7 Å². The van der Waals surface area contributed by atoms with Crippen molar-refractivity contribution in [2.45, 2.75) is 45.4 Å². The van der Waals surface area contributed by atoms with Crippen molar-refractivity contribution >= 4 is 40.8 Å². The molecule has 0 spiro atoms. The van der Waals surface area contributed by atoms with Crippen LogP contribution in [0.5, 0.6) is 0 Å². The molecule has 0 radical (unpaired) electrons. The van der Waals surface area contributed by atoms with Gasteiger partial charge in [0.25, 0.3) is 0 Å². The van der Waals surface area contributed by atoms with Gasteiger partial charge in [-0.3, -0.25) is 14.3 Å². The van der Waals surface area contributed by atoms with Gasteiger partial charge >= 0.3 is 5.97 Å². The highest BCUT2D eigenvalue weighted by atomic mass is 35.5. The average Bonchev–Trinajstić information content (AvgIpc) is 3.34. The van der Waals surface area contributed by atoms with Crippen LogP contribution in [0.1, 0.15) is 29.8 Å². The topological polar surface area (TPSA) is 93.5 Å². The standard InChI is InChI=1S/C20H21Cl2N3O4/c1-9-18(10(2)25(24-9)8-11-3-4-12(21)13(22)7-11)23-19(26)16-14-5-6-15(29-14)17(16)20(27)28/h3-4,7,14-17H,5-6,8H2,1-2H3,(H,23,26)(H,27,28)/t14-,15-,16-,17-/m0/s1. The number of ether oxygens (including phenoxy) is 1. The zero-order chi connectivity index (χ0) is 20.9. The molecule has 7 nitrogen and oxygen atoms in total. The molecular weight excluding hydrogens is 417 g/mol. The van der Waals surface area contributed by atoms with E-state index in [1.165, 1.54) is 0 Å². The van der Waals surface area contributed by atoms with Gasteiger partial charge in [-0.05, 0) is 44.4 Å². The molecule has 2 fully saturated rings. The molecule has 2 bridgehead atoms. The fourth-order valence-corrected chi connectivity index (χ4v) is 4.69. The van der Waals surface area contributed by atoms with E-state index < -0.39 is 17.8 Å². The van der Waals surface area contributed by atoms with Crippen molar-refractivity contribution in [2.24, 2.45) is 11.8 Å². The van der Waals surface area contributed by atoms with Crippen molar-refractivity contribution < 1.29 is 19.4 Å². The van der Waals surface area contributed by atoms with Crippen molar-refractivity contribution in [3.05, 3.63) is 45.2 Å². The Morgan fingerprint density at radius 3 is 2.55 bits per heavy atom. The highest BCUT2D eigenvalue weighted by molar-refractivity contribution is 6.42. The minimum Gasteiger partial charge on any atom is -0.481 e. The lowest BCUT2D eigenvalue weighted by atomic mass is 9.78. The van der Waals surface area contributed by atoms with Gasteiger partial charge in [0.1, 0.15) is 0 Å². The Kier molecular flexibility index (Phi) is 5.31. The Labute approximate surface area is 177 Å². The van der Waals surface area contributed by atoms with Crippen LogP contribution in [0.15, 0.2) is 18.2 Å². The normalized spacial score (nSPS) is 25.4. The van der Waals surface area contributed by atoms with Crippen LogP contribution >= 0.6 is 23.2 Å². The number of carbonyl (C=O) groups excluding carboxylic acids is 1. The summed E-state index contributed by atoms with van der Waals surface area (Å²) in [6.07, 6.45) is 0.673. The van der Waals surface area contributed by atoms with E-state index in [1.807, 2.05) is 13.0 Å². The van der Waals surface area contributed by atoms with Crippen LogP contribution in [0.25, 0.3) is 0 Å². The number of carboxylic acid groups (broad SMARTS) is 1. The van der Waals surface area contributed by atoms with Gasteiger partial charge in [-0.15, -0.1) is 0 Å². The summed E-state index contributed by atoms with van der Waals surface area (Å²) >= 11 is 12.1. The van der Waals surface area contributed by atoms with E-state index in [4.69, 9.17) is 27.9 Å². The fraction of sp³-hybridized carbons (Fsp3) is 0.450. The van der Waals surface area contributed by atoms with Gasteiger partial charge in [0, 0.05) is 0 Å². The molecule has 1 aromatic carbocycles. The van der Waals surface area contributed by atoms with Crippen molar-refractivity contribution in [1.82, 2.24) is 9.78 Å². The lowest BCUT2D eigenvalue weighted by molar-refractivity contribution is -0.147. The first-order valence-electron chi connectivity index (χ1n) is 9.43. The number of halogens is 2. The molecule has 154 valence electrons. The molecule has 0 unspecified atom stereocenters. The van der Waals surface area contributed by atoms with Gasteiger partial charge in [0.15, 0.2) is 0 Å². The van der Waals surface area contributed by atoms with Crippen LogP contribution in [0.2, 0.25) is 10.0 Å². The monoisotopic (exact) mass is 437 g/mol. The summed E-state index contributed by atoms with van der Waals surface area (Å²) in [6.45, 7) is 4.13. The number of aliphatic carboxylic acids is 1. The first-order chi connectivity index (χ1) is 13.8. The van der Waals surface area contributed by atoms with E-state index >= 15 is 0 Å². The molecule has 0 saturated carbocycles. The number of hydrogen-bond acceptors (Lipinski definition) is 4. The van der Waals surface area contributed by atoms with Crippen molar-refractivity contribution in [2.75, 3.05) is 5.32 Å². The summed E-state index contributed by atoms with van der Waals surface area (Å²) in [7, 11) is 0. The van der Waals surface area contributed by atoms with Gasteiger partial charge in [0.05, 0.1) is 57.7 Å². The molecule has 4 rings (SSSR count). The summed E-state index contributed by atoms with van der Waals surface area (Å²) in [5.74, 6) is -2.81. The lowest BCUT2D eigenvalue weighted by Gasteiger charge is -2.23. The highest BCUT2D eigenvalue weighted by Crippen LogP contribution is 2.44. The average molecular weight is 438 g/mol. The Balaban J connectivity index is 1.54. The maximum Gasteiger partial charge on any atom is 0.310 e. The molecule has 2 aromatic rings. The number of nitrogens with zero attached hydrogens (tertiary/aromatic N) is 2. The third-order valence-electron chi connectivity index (χ3n) is 5.81. The molecule has 9 heteroatoms. The van der Waals surface area contributed by atoms with Gasteiger partial charge in [0.2, 0.25) is 5.91 Å². The van der Waals surface area contributed by atoms with Gasteiger partial charge in [-0.1, -0.05) is 29.3 Å². The second kappa shape index (κ2) is 7.63. The molecule has 4 atom stereocenters. The van der Waals surface area contributed by atoms with Crippen LogP contribution in [-0.4, -0.2) is 39.0 Å². The third kappa shape index (κ3) is 3.63. The molecule has 1 amide bonds. The second-order valence-electron chi connectivity index (χ2n) is 7.62. The van der Waals surface area contributed by atoms with Crippen molar-refractivity contribution in [3.63, 3.8) is 0 Å². The number of aromatic nitrogens is 2. The van der Waals surface area contributed by atoms with Crippen LogP contribution < -0.4 is 5.32 Å². The summed E-state index contributed by atoms with van der Waals surface area (Å²) in [5, 5.41) is 17.9. The van der Waals surface area contributed by atoms with Crippen LogP contribution in [0.4, 0.5) is 5.69 Å². The number of carboxylic acids is 1.